The van der Waals surface area contributed by atoms with Crippen molar-refractivity contribution in [1.82, 2.24) is 19.8 Å². The van der Waals surface area contributed by atoms with Crippen molar-refractivity contribution in [3.8, 4) is 0 Å². The lowest BCUT2D eigenvalue weighted by Gasteiger charge is -2.37. The summed E-state index contributed by atoms with van der Waals surface area (Å²) in [5.74, 6) is 0.827. The van der Waals surface area contributed by atoms with Gasteiger partial charge in [0.15, 0.2) is 0 Å². The van der Waals surface area contributed by atoms with Gasteiger partial charge in [0.25, 0.3) is 0 Å². The van der Waals surface area contributed by atoms with Crippen LogP contribution in [0.15, 0.2) is 30.5 Å². The minimum atomic E-state index is 0.289. The number of piperidine rings is 1. The van der Waals surface area contributed by atoms with Crippen molar-refractivity contribution >= 4 is 16.9 Å². The first kappa shape index (κ1) is 16.8. The van der Waals surface area contributed by atoms with E-state index in [1.54, 1.807) is 0 Å². The minimum absolute atomic E-state index is 0.289. The zero-order valence-corrected chi connectivity index (χ0v) is 14.8. The Kier molecular flexibility index (Phi) is 5.09. The average Bonchev–Trinajstić information content (AvgIpc) is 2.56. The lowest BCUT2D eigenvalue weighted by atomic mass is 9.96. The van der Waals surface area contributed by atoms with Crippen molar-refractivity contribution in [2.24, 2.45) is 5.92 Å². The van der Waals surface area contributed by atoms with E-state index < -0.39 is 0 Å². The predicted octanol–water partition coefficient (Wildman–Crippen LogP) is 2.71. The fourth-order valence-corrected chi connectivity index (χ4v) is 3.44. The third-order valence-corrected chi connectivity index (χ3v) is 4.67. The standard InChI is InChI=1S/C19H26N4O/c1-14(2)23-12-15(8-9-19(23)24)11-22(3)13-16-10-20-17-6-4-5-7-18(17)21-16/h4-7,10,14-15H,8-9,11-13H2,1-3H3. The minimum Gasteiger partial charge on any atom is -0.340 e. The van der Waals surface area contributed by atoms with E-state index in [4.69, 9.17) is 4.98 Å². The number of aromatic nitrogens is 2. The van der Waals surface area contributed by atoms with Crippen LogP contribution in [0.2, 0.25) is 0 Å². The molecule has 1 unspecified atom stereocenters. The van der Waals surface area contributed by atoms with Crippen LogP contribution < -0.4 is 0 Å². The van der Waals surface area contributed by atoms with Gasteiger partial charge in [-0.25, -0.2) is 4.98 Å². The van der Waals surface area contributed by atoms with Gasteiger partial charge in [0.2, 0.25) is 5.91 Å². The molecule has 1 fully saturated rings. The molecule has 1 saturated heterocycles. The smallest absolute Gasteiger partial charge is 0.222 e. The number of carbonyl (C=O) groups excluding carboxylic acids is 1. The summed E-state index contributed by atoms with van der Waals surface area (Å²) in [4.78, 5) is 25.5. The van der Waals surface area contributed by atoms with Crippen molar-refractivity contribution in [2.75, 3.05) is 20.1 Å². The second kappa shape index (κ2) is 7.26. The third kappa shape index (κ3) is 3.90. The Labute approximate surface area is 143 Å². The molecule has 0 N–H and O–H groups in total. The van der Waals surface area contributed by atoms with Crippen LogP contribution in [0.5, 0.6) is 0 Å². The molecule has 2 aromatic rings. The number of hydrogen-bond donors (Lipinski definition) is 0. The van der Waals surface area contributed by atoms with E-state index in [0.717, 1.165) is 42.8 Å². The molecule has 1 amide bonds. The van der Waals surface area contributed by atoms with Crippen LogP contribution in [0.25, 0.3) is 11.0 Å². The van der Waals surface area contributed by atoms with Gasteiger partial charge in [-0.2, -0.15) is 0 Å². The predicted molar refractivity (Wildman–Crippen MR) is 95.4 cm³/mol. The molecule has 24 heavy (non-hydrogen) atoms. The van der Waals surface area contributed by atoms with Gasteiger partial charge in [-0.15, -0.1) is 0 Å². The van der Waals surface area contributed by atoms with Crippen molar-refractivity contribution in [2.45, 2.75) is 39.3 Å². The summed E-state index contributed by atoms with van der Waals surface area (Å²) < 4.78 is 0. The van der Waals surface area contributed by atoms with Gasteiger partial charge in [-0.3, -0.25) is 9.78 Å². The lowest BCUT2D eigenvalue weighted by molar-refractivity contribution is -0.136. The number of amides is 1. The monoisotopic (exact) mass is 326 g/mol. The molecule has 0 bridgehead atoms. The van der Waals surface area contributed by atoms with Gasteiger partial charge >= 0.3 is 0 Å². The van der Waals surface area contributed by atoms with Crippen LogP contribution >= 0.6 is 0 Å². The fourth-order valence-electron chi connectivity index (χ4n) is 3.44. The average molecular weight is 326 g/mol. The normalized spacial score (nSPS) is 18.8. The molecule has 2 heterocycles. The van der Waals surface area contributed by atoms with Crippen LogP contribution in [-0.2, 0) is 11.3 Å². The summed E-state index contributed by atoms with van der Waals surface area (Å²) in [6.07, 6.45) is 3.52. The molecule has 1 aliphatic rings. The molecule has 0 spiro atoms. The number of fused-ring (bicyclic) bond motifs is 1. The fraction of sp³-hybridized carbons (Fsp3) is 0.526. The van der Waals surface area contributed by atoms with Crippen molar-refractivity contribution in [3.63, 3.8) is 0 Å². The van der Waals surface area contributed by atoms with Crippen LogP contribution in [0, 0.1) is 5.92 Å². The highest BCUT2D eigenvalue weighted by molar-refractivity contribution is 5.77. The third-order valence-electron chi connectivity index (χ3n) is 4.67. The first-order valence-corrected chi connectivity index (χ1v) is 8.71. The molecule has 0 aliphatic carbocycles. The highest BCUT2D eigenvalue weighted by Crippen LogP contribution is 2.21. The number of carbonyl (C=O) groups is 1. The number of benzene rings is 1. The highest BCUT2D eigenvalue weighted by Gasteiger charge is 2.27. The summed E-state index contributed by atoms with van der Waals surface area (Å²) in [6.45, 7) is 6.81. The summed E-state index contributed by atoms with van der Waals surface area (Å²) >= 11 is 0. The maximum Gasteiger partial charge on any atom is 0.222 e. The largest absolute Gasteiger partial charge is 0.340 e. The molecule has 1 aromatic carbocycles. The van der Waals surface area contributed by atoms with Crippen molar-refractivity contribution in [1.29, 1.82) is 0 Å². The van der Waals surface area contributed by atoms with Gasteiger partial charge in [0, 0.05) is 32.1 Å². The lowest BCUT2D eigenvalue weighted by Crippen LogP contribution is -2.46. The molecule has 128 valence electrons. The van der Waals surface area contributed by atoms with E-state index >= 15 is 0 Å². The Morgan fingerprint density at radius 2 is 2.04 bits per heavy atom. The maximum atomic E-state index is 12.0. The van der Waals surface area contributed by atoms with Gasteiger partial charge in [-0.05, 0) is 45.4 Å². The quantitative estimate of drug-likeness (QED) is 0.848. The molecule has 0 radical (unpaired) electrons. The van der Waals surface area contributed by atoms with Crippen LogP contribution in [-0.4, -0.2) is 51.9 Å². The topological polar surface area (TPSA) is 49.3 Å². The Balaban J connectivity index is 1.60. The molecule has 0 saturated carbocycles. The number of para-hydroxylation sites is 2. The van der Waals surface area contributed by atoms with Gasteiger partial charge in [-0.1, -0.05) is 12.1 Å². The number of likely N-dealkylation sites (tertiary alicyclic amines) is 1. The van der Waals surface area contributed by atoms with E-state index in [1.807, 2.05) is 35.4 Å². The first-order valence-electron chi connectivity index (χ1n) is 8.71. The van der Waals surface area contributed by atoms with Crippen LogP contribution in [0.4, 0.5) is 0 Å². The van der Waals surface area contributed by atoms with Gasteiger partial charge in [0.1, 0.15) is 0 Å². The van der Waals surface area contributed by atoms with Crippen molar-refractivity contribution in [3.05, 3.63) is 36.2 Å². The summed E-state index contributed by atoms with van der Waals surface area (Å²) in [5.41, 5.74) is 2.86. The number of rotatable bonds is 5. The van der Waals surface area contributed by atoms with Gasteiger partial charge < -0.3 is 9.80 Å². The summed E-state index contributed by atoms with van der Waals surface area (Å²) in [6, 6.07) is 8.24. The van der Waals surface area contributed by atoms with E-state index in [2.05, 4.69) is 30.8 Å². The zero-order valence-electron chi connectivity index (χ0n) is 14.8. The Bertz CT molecular complexity index is 715. The van der Waals surface area contributed by atoms with Crippen LogP contribution in [0.3, 0.4) is 0 Å². The van der Waals surface area contributed by atoms with Crippen LogP contribution in [0.1, 0.15) is 32.4 Å². The summed E-state index contributed by atoms with van der Waals surface area (Å²) in [7, 11) is 2.12. The Hall–Kier alpha value is -2.01. The summed E-state index contributed by atoms with van der Waals surface area (Å²) in [5, 5.41) is 0. The van der Waals surface area contributed by atoms with E-state index in [9.17, 15) is 4.79 Å². The zero-order chi connectivity index (χ0) is 17.1. The molecule has 1 atom stereocenters. The molecule has 1 aliphatic heterocycles. The molecular formula is C19H26N4O. The number of hydrogen-bond acceptors (Lipinski definition) is 4. The molecular weight excluding hydrogens is 300 g/mol. The van der Waals surface area contributed by atoms with E-state index in [1.165, 1.54) is 0 Å². The molecule has 3 rings (SSSR count). The van der Waals surface area contributed by atoms with Crippen molar-refractivity contribution < 1.29 is 4.79 Å². The molecule has 5 nitrogen and oxygen atoms in total. The Morgan fingerprint density at radius 1 is 1.29 bits per heavy atom. The maximum absolute atomic E-state index is 12.0. The van der Waals surface area contributed by atoms with E-state index in [0.29, 0.717) is 18.2 Å². The molecule has 1 aromatic heterocycles. The Morgan fingerprint density at radius 3 is 2.79 bits per heavy atom. The number of nitrogens with zero attached hydrogens (tertiary/aromatic N) is 4. The van der Waals surface area contributed by atoms with Gasteiger partial charge in [0.05, 0.1) is 22.9 Å². The second-order valence-corrected chi connectivity index (χ2v) is 7.09. The first-order chi connectivity index (χ1) is 11.5. The highest BCUT2D eigenvalue weighted by atomic mass is 16.2. The molecule has 5 heteroatoms. The second-order valence-electron chi connectivity index (χ2n) is 7.09. The van der Waals surface area contributed by atoms with E-state index in [-0.39, 0.29) is 6.04 Å². The SMILES string of the molecule is CC(C)N1CC(CN(C)Cc2cnc3ccccc3n2)CCC1=O.